The molecule has 0 aromatic heterocycles. The molecule has 2 rings (SSSR count). The fourth-order valence-corrected chi connectivity index (χ4v) is 5.09. The van der Waals surface area contributed by atoms with Crippen LogP contribution in [-0.2, 0) is 28.5 Å². The van der Waals surface area contributed by atoms with Crippen LogP contribution in [0, 0.1) is 0 Å². The Morgan fingerprint density at radius 3 is 2.21 bits per heavy atom. The van der Waals surface area contributed by atoms with Crippen molar-refractivity contribution in [3.63, 3.8) is 0 Å². The number of hydrogen-bond acceptors (Lipinski definition) is 8. The molecule has 3 amide bonds. The third kappa shape index (κ3) is 12.4. The molecule has 2 fully saturated rings. The van der Waals surface area contributed by atoms with E-state index >= 15 is 0 Å². The molecule has 11 nitrogen and oxygen atoms in total. The van der Waals surface area contributed by atoms with Gasteiger partial charge in [-0.2, -0.15) is 11.8 Å². The summed E-state index contributed by atoms with van der Waals surface area (Å²) in [4.78, 5) is 33.6. The van der Waals surface area contributed by atoms with Crippen molar-refractivity contribution < 1.29 is 38.4 Å². The van der Waals surface area contributed by atoms with Crippen molar-refractivity contribution in [3.8, 4) is 0 Å². The number of thioether (sulfide) groups is 1. The predicted molar refractivity (Wildman–Crippen MR) is 122 cm³/mol. The van der Waals surface area contributed by atoms with Crippen molar-refractivity contribution >= 4 is 29.7 Å². The molecule has 2 aliphatic rings. The van der Waals surface area contributed by atoms with Crippen molar-refractivity contribution in [2.45, 2.75) is 49.4 Å². The van der Waals surface area contributed by atoms with Crippen molar-refractivity contribution in [1.29, 1.82) is 0 Å². The second kappa shape index (κ2) is 16.9. The van der Waals surface area contributed by atoms with E-state index in [0.29, 0.717) is 64.5 Å². The van der Waals surface area contributed by atoms with Crippen molar-refractivity contribution in [1.82, 2.24) is 16.0 Å². The van der Waals surface area contributed by atoms with Gasteiger partial charge in [-0.3, -0.25) is 9.59 Å². The Balaban J connectivity index is 1.28. The zero-order chi connectivity index (χ0) is 23.7. The summed E-state index contributed by atoms with van der Waals surface area (Å²) in [6.07, 6.45) is 3.32. The first-order chi connectivity index (χ1) is 16.1. The largest absolute Gasteiger partial charge is 0.481 e. The van der Waals surface area contributed by atoms with Gasteiger partial charge in [-0.1, -0.05) is 6.42 Å². The Bertz CT molecular complexity index is 598. The second-order valence-electron chi connectivity index (χ2n) is 7.81. The number of carboxylic acid groups (broad SMARTS) is 1. The number of urea groups is 1. The van der Waals surface area contributed by atoms with Crippen LogP contribution >= 0.6 is 11.8 Å². The van der Waals surface area contributed by atoms with Crippen LogP contribution in [-0.4, -0.2) is 106 Å². The van der Waals surface area contributed by atoms with E-state index in [1.165, 1.54) is 0 Å². The minimum atomic E-state index is -0.878. The SMILES string of the molecule is O=C(O)CCOCCOCCOCCOCCNC(=O)CCCC[C@@H]1SC[C@@H]2NC(=O)N[C@H]21. The zero-order valence-electron chi connectivity index (χ0n) is 19.1. The monoisotopic (exact) mass is 491 g/mol. The Kier molecular flexibility index (Phi) is 14.2. The van der Waals surface area contributed by atoms with Gasteiger partial charge in [0, 0.05) is 24.0 Å². The standard InChI is InChI=1S/C21H37N3O8S/c25-18(4-2-1-3-17-20-16(15-33-17)23-21(28)24-20)22-6-8-30-10-12-32-14-13-31-11-9-29-7-5-19(26)27/h16-17,20H,1-15H2,(H,22,25)(H,26,27)(H2,23,24,28)/t16-,17-,20+/m0/s1. The van der Waals surface area contributed by atoms with E-state index in [1.54, 1.807) is 0 Å². The summed E-state index contributed by atoms with van der Waals surface area (Å²) in [6.45, 7) is 3.63. The number of carbonyl (C=O) groups is 3. The number of rotatable bonds is 20. The highest BCUT2D eigenvalue weighted by molar-refractivity contribution is 8.00. The van der Waals surface area contributed by atoms with E-state index in [4.69, 9.17) is 24.1 Å². The first kappa shape index (κ1) is 27.6. The molecule has 2 heterocycles. The average Bonchev–Trinajstić information content (AvgIpc) is 3.33. The number of amides is 3. The van der Waals surface area contributed by atoms with E-state index in [0.717, 1.165) is 25.0 Å². The zero-order valence-corrected chi connectivity index (χ0v) is 19.9. The van der Waals surface area contributed by atoms with Gasteiger partial charge in [0.05, 0.1) is 71.4 Å². The number of unbranched alkanes of at least 4 members (excludes halogenated alkanes) is 1. The van der Waals surface area contributed by atoms with Gasteiger partial charge in [0.25, 0.3) is 0 Å². The molecular weight excluding hydrogens is 454 g/mol. The molecule has 3 atom stereocenters. The van der Waals surface area contributed by atoms with Gasteiger partial charge in [0.1, 0.15) is 0 Å². The predicted octanol–water partition coefficient (Wildman–Crippen LogP) is 0.370. The Hall–Kier alpha value is -1.60. The fraction of sp³-hybridized carbons (Fsp3) is 0.857. The summed E-state index contributed by atoms with van der Waals surface area (Å²) in [7, 11) is 0. The average molecular weight is 492 g/mol. The maximum absolute atomic E-state index is 11.9. The van der Waals surface area contributed by atoms with E-state index in [1.807, 2.05) is 11.8 Å². The van der Waals surface area contributed by atoms with Crippen molar-refractivity contribution in [3.05, 3.63) is 0 Å². The number of fused-ring (bicyclic) bond motifs is 1. The number of aliphatic carboxylic acids is 1. The fourth-order valence-electron chi connectivity index (χ4n) is 3.55. The molecule has 33 heavy (non-hydrogen) atoms. The van der Waals surface area contributed by atoms with Crippen molar-refractivity contribution in [2.24, 2.45) is 0 Å². The molecule has 190 valence electrons. The molecule has 12 heteroatoms. The van der Waals surface area contributed by atoms with Crippen LogP contribution in [0.15, 0.2) is 0 Å². The second-order valence-corrected chi connectivity index (χ2v) is 9.08. The van der Waals surface area contributed by atoms with Crippen LogP contribution in [0.4, 0.5) is 4.79 Å². The van der Waals surface area contributed by atoms with Crippen LogP contribution in [0.2, 0.25) is 0 Å². The molecule has 0 bridgehead atoms. The van der Waals surface area contributed by atoms with Gasteiger partial charge in [-0.15, -0.1) is 0 Å². The number of carbonyl (C=O) groups excluding carboxylic acids is 2. The van der Waals surface area contributed by atoms with Gasteiger partial charge in [-0.05, 0) is 12.8 Å². The molecule has 0 aliphatic carbocycles. The quantitative estimate of drug-likeness (QED) is 0.140. The van der Waals surface area contributed by atoms with Crippen LogP contribution in [0.25, 0.3) is 0 Å². The highest BCUT2D eigenvalue weighted by atomic mass is 32.2. The molecule has 0 aromatic rings. The summed E-state index contributed by atoms with van der Waals surface area (Å²) in [6, 6.07) is 0.408. The number of nitrogens with one attached hydrogen (secondary N) is 3. The lowest BCUT2D eigenvalue weighted by Crippen LogP contribution is -2.36. The summed E-state index contributed by atoms with van der Waals surface area (Å²) in [5, 5.41) is 17.7. The first-order valence-electron chi connectivity index (χ1n) is 11.5. The smallest absolute Gasteiger partial charge is 0.315 e. The van der Waals surface area contributed by atoms with Crippen LogP contribution in [0.3, 0.4) is 0 Å². The van der Waals surface area contributed by atoms with E-state index in [2.05, 4.69) is 16.0 Å². The summed E-state index contributed by atoms with van der Waals surface area (Å²) < 4.78 is 21.2. The minimum absolute atomic E-state index is 0.00563. The molecule has 0 saturated carbocycles. The molecule has 2 aliphatic heterocycles. The number of hydrogen-bond donors (Lipinski definition) is 4. The van der Waals surface area contributed by atoms with Gasteiger partial charge >= 0.3 is 12.0 Å². The van der Waals surface area contributed by atoms with Gasteiger partial charge < -0.3 is 40.0 Å². The van der Waals surface area contributed by atoms with Gasteiger partial charge in [-0.25, -0.2) is 4.79 Å². The van der Waals surface area contributed by atoms with E-state index in [-0.39, 0.29) is 37.0 Å². The Labute approximate surface area is 199 Å². The molecule has 2 saturated heterocycles. The maximum Gasteiger partial charge on any atom is 0.315 e. The lowest BCUT2D eigenvalue weighted by atomic mass is 10.0. The number of ether oxygens (including phenoxy) is 4. The molecular formula is C21H37N3O8S. The highest BCUT2D eigenvalue weighted by Gasteiger charge is 2.42. The van der Waals surface area contributed by atoms with Crippen LogP contribution in [0.5, 0.6) is 0 Å². The third-order valence-electron chi connectivity index (χ3n) is 5.23. The molecule has 0 radical (unpaired) electrons. The van der Waals surface area contributed by atoms with E-state index in [9.17, 15) is 14.4 Å². The van der Waals surface area contributed by atoms with Gasteiger partial charge in [0.2, 0.25) is 5.91 Å². The topological polar surface area (TPSA) is 144 Å². The highest BCUT2D eigenvalue weighted by Crippen LogP contribution is 2.33. The molecule has 0 unspecified atom stereocenters. The summed E-state index contributed by atoms with van der Waals surface area (Å²) >= 11 is 1.90. The van der Waals surface area contributed by atoms with Crippen molar-refractivity contribution in [2.75, 3.05) is 65.2 Å². The Morgan fingerprint density at radius 1 is 0.909 bits per heavy atom. The normalized spacial score (nSPS) is 21.5. The van der Waals surface area contributed by atoms with Crippen LogP contribution < -0.4 is 16.0 Å². The lowest BCUT2D eigenvalue weighted by Gasteiger charge is -2.16. The summed E-state index contributed by atoms with van der Waals surface area (Å²) in [5.41, 5.74) is 0. The third-order valence-corrected chi connectivity index (χ3v) is 6.73. The van der Waals surface area contributed by atoms with Gasteiger partial charge in [0.15, 0.2) is 0 Å². The number of carboxylic acids is 1. The lowest BCUT2D eigenvalue weighted by molar-refractivity contribution is -0.138. The Morgan fingerprint density at radius 2 is 1.55 bits per heavy atom. The maximum atomic E-state index is 11.9. The minimum Gasteiger partial charge on any atom is -0.481 e. The molecule has 0 aromatic carbocycles. The molecule has 4 N–H and O–H groups in total. The molecule has 0 spiro atoms. The van der Waals surface area contributed by atoms with Crippen LogP contribution in [0.1, 0.15) is 32.1 Å². The first-order valence-corrected chi connectivity index (χ1v) is 12.6. The van der Waals surface area contributed by atoms with E-state index < -0.39 is 5.97 Å². The summed E-state index contributed by atoms with van der Waals surface area (Å²) in [5.74, 6) is 0.115.